The summed E-state index contributed by atoms with van der Waals surface area (Å²) in [7, 11) is 0. The fourth-order valence-electron chi connectivity index (χ4n) is 1.24. The van der Waals surface area contributed by atoms with E-state index in [-0.39, 0.29) is 11.9 Å². The molecule has 0 bridgehead atoms. The molecule has 5 heteroatoms. The number of aromatic nitrogens is 2. The molecule has 1 aromatic heterocycles. The Hall–Kier alpha value is -1.36. The molecule has 0 aromatic carbocycles. The number of nitrogens with zero attached hydrogens (tertiary/aromatic N) is 2. The lowest BCUT2D eigenvalue weighted by atomic mass is 10.00. The van der Waals surface area contributed by atoms with Crippen LogP contribution in [0.2, 0.25) is 0 Å². The third kappa shape index (κ3) is 2.61. The van der Waals surface area contributed by atoms with E-state index in [4.69, 9.17) is 5.73 Å². The van der Waals surface area contributed by atoms with Crippen molar-refractivity contribution in [3.63, 3.8) is 0 Å². The zero-order valence-corrected chi connectivity index (χ0v) is 10.3. The summed E-state index contributed by atoms with van der Waals surface area (Å²) in [5.41, 5.74) is 5.02. The van der Waals surface area contributed by atoms with Crippen molar-refractivity contribution in [1.29, 1.82) is 0 Å². The van der Waals surface area contributed by atoms with Crippen molar-refractivity contribution in [1.82, 2.24) is 9.78 Å². The molecule has 0 fully saturated rings. The molecule has 0 aliphatic rings. The van der Waals surface area contributed by atoms with Crippen molar-refractivity contribution in [2.45, 2.75) is 45.7 Å². The van der Waals surface area contributed by atoms with Crippen LogP contribution in [0.4, 0.5) is 5.82 Å². The largest absolute Gasteiger partial charge is 0.318 e. The van der Waals surface area contributed by atoms with E-state index < -0.39 is 5.54 Å². The second kappa shape index (κ2) is 4.65. The lowest BCUT2D eigenvalue weighted by Gasteiger charge is -2.22. The fourth-order valence-corrected chi connectivity index (χ4v) is 1.24. The molecule has 0 saturated heterocycles. The summed E-state index contributed by atoms with van der Waals surface area (Å²) in [5, 5.41) is 6.94. The Kier molecular flexibility index (Phi) is 3.70. The van der Waals surface area contributed by atoms with E-state index in [9.17, 15) is 4.79 Å². The molecule has 16 heavy (non-hydrogen) atoms. The number of nitrogens with one attached hydrogen (secondary N) is 1. The number of rotatable bonds is 4. The maximum atomic E-state index is 11.9. The van der Waals surface area contributed by atoms with Crippen molar-refractivity contribution in [3.05, 3.63) is 12.3 Å². The highest BCUT2D eigenvalue weighted by Crippen LogP contribution is 2.15. The van der Waals surface area contributed by atoms with Crippen LogP contribution < -0.4 is 11.1 Å². The summed E-state index contributed by atoms with van der Waals surface area (Å²) in [4.78, 5) is 11.9. The maximum absolute atomic E-state index is 11.9. The molecular weight excluding hydrogens is 204 g/mol. The molecule has 3 N–H and O–H groups in total. The van der Waals surface area contributed by atoms with Crippen LogP contribution in [0.1, 0.15) is 40.2 Å². The number of nitrogens with two attached hydrogens (primary N) is 1. The molecule has 0 saturated carbocycles. The van der Waals surface area contributed by atoms with Crippen LogP contribution in [-0.4, -0.2) is 21.2 Å². The van der Waals surface area contributed by atoms with E-state index in [1.54, 1.807) is 23.9 Å². The first-order chi connectivity index (χ1) is 7.38. The average molecular weight is 224 g/mol. The Morgan fingerprint density at radius 2 is 2.31 bits per heavy atom. The molecule has 0 spiro atoms. The number of anilines is 1. The standard InChI is InChI=1S/C11H20N4O/c1-5-11(4,12)10(16)14-9-6-7-13-15(9)8(2)3/h6-8H,5,12H2,1-4H3,(H,14,16). The molecule has 1 unspecified atom stereocenters. The van der Waals surface area contributed by atoms with Gasteiger partial charge < -0.3 is 11.1 Å². The van der Waals surface area contributed by atoms with E-state index in [0.717, 1.165) is 0 Å². The zero-order chi connectivity index (χ0) is 12.3. The van der Waals surface area contributed by atoms with Crippen molar-refractivity contribution in [2.75, 3.05) is 5.32 Å². The SMILES string of the molecule is CCC(C)(N)C(=O)Nc1ccnn1C(C)C. The van der Waals surface area contributed by atoms with Gasteiger partial charge in [0.05, 0.1) is 11.7 Å². The molecule has 5 nitrogen and oxygen atoms in total. The van der Waals surface area contributed by atoms with Gasteiger partial charge in [0.25, 0.3) is 0 Å². The van der Waals surface area contributed by atoms with Crippen molar-refractivity contribution in [2.24, 2.45) is 5.73 Å². The minimum Gasteiger partial charge on any atom is -0.318 e. The molecule has 1 amide bonds. The molecule has 0 radical (unpaired) electrons. The van der Waals surface area contributed by atoms with Gasteiger partial charge in [0.1, 0.15) is 5.82 Å². The first-order valence-electron chi connectivity index (χ1n) is 5.52. The number of carbonyl (C=O) groups excluding carboxylic acids is 1. The Balaban J connectivity index is 2.81. The smallest absolute Gasteiger partial charge is 0.245 e. The highest BCUT2D eigenvalue weighted by atomic mass is 16.2. The van der Waals surface area contributed by atoms with Crippen LogP contribution in [0, 0.1) is 0 Å². The van der Waals surface area contributed by atoms with E-state index in [1.807, 2.05) is 20.8 Å². The molecule has 1 heterocycles. The minimum absolute atomic E-state index is 0.183. The van der Waals surface area contributed by atoms with Gasteiger partial charge in [0.2, 0.25) is 5.91 Å². The highest BCUT2D eigenvalue weighted by Gasteiger charge is 2.26. The first kappa shape index (κ1) is 12.7. The van der Waals surface area contributed by atoms with Gasteiger partial charge in [0.15, 0.2) is 0 Å². The predicted octanol–water partition coefficient (Wildman–Crippen LogP) is 1.53. The molecule has 90 valence electrons. The Labute approximate surface area is 96.0 Å². The van der Waals surface area contributed by atoms with E-state index in [1.165, 1.54) is 0 Å². The summed E-state index contributed by atoms with van der Waals surface area (Å²) in [6, 6.07) is 1.97. The summed E-state index contributed by atoms with van der Waals surface area (Å²) >= 11 is 0. The van der Waals surface area contributed by atoms with Crippen LogP contribution >= 0.6 is 0 Å². The topological polar surface area (TPSA) is 72.9 Å². The van der Waals surface area contributed by atoms with Gasteiger partial charge >= 0.3 is 0 Å². The highest BCUT2D eigenvalue weighted by molar-refractivity contribution is 5.96. The third-order valence-electron chi connectivity index (χ3n) is 2.65. The maximum Gasteiger partial charge on any atom is 0.245 e. The number of carbonyl (C=O) groups is 1. The monoisotopic (exact) mass is 224 g/mol. The lowest BCUT2D eigenvalue weighted by Crippen LogP contribution is -2.48. The average Bonchev–Trinajstić information content (AvgIpc) is 2.65. The number of amides is 1. The van der Waals surface area contributed by atoms with Gasteiger partial charge in [-0.2, -0.15) is 5.10 Å². The molecule has 1 rings (SSSR count). The number of hydrogen-bond acceptors (Lipinski definition) is 3. The van der Waals surface area contributed by atoms with Gasteiger partial charge in [-0.15, -0.1) is 0 Å². The van der Waals surface area contributed by atoms with Crippen molar-refractivity contribution in [3.8, 4) is 0 Å². The van der Waals surface area contributed by atoms with Gasteiger partial charge in [-0.1, -0.05) is 6.92 Å². The molecule has 1 aromatic rings. The van der Waals surface area contributed by atoms with E-state index in [0.29, 0.717) is 12.2 Å². The molecule has 0 aliphatic heterocycles. The second-order valence-corrected chi connectivity index (χ2v) is 4.48. The van der Waals surface area contributed by atoms with Gasteiger partial charge in [0, 0.05) is 12.1 Å². The Morgan fingerprint density at radius 1 is 1.69 bits per heavy atom. The van der Waals surface area contributed by atoms with E-state index in [2.05, 4.69) is 10.4 Å². The van der Waals surface area contributed by atoms with Gasteiger partial charge in [-0.25, -0.2) is 4.68 Å². The zero-order valence-electron chi connectivity index (χ0n) is 10.3. The van der Waals surface area contributed by atoms with Crippen molar-refractivity contribution < 1.29 is 4.79 Å². The summed E-state index contributed by atoms with van der Waals surface area (Å²) in [5.74, 6) is 0.502. The Bertz CT molecular complexity index is 368. The van der Waals surface area contributed by atoms with Gasteiger partial charge in [-0.3, -0.25) is 4.79 Å². The van der Waals surface area contributed by atoms with Crippen LogP contribution in [0.5, 0.6) is 0 Å². The quantitative estimate of drug-likeness (QED) is 0.814. The normalized spacial score (nSPS) is 14.9. The summed E-state index contributed by atoms with van der Waals surface area (Å²) in [6.45, 7) is 7.62. The molecule has 0 aliphatic carbocycles. The van der Waals surface area contributed by atoms with Crippen LogP contribution in [0.15, 0.2) is 12.3 Å². The summed E-state index contributed by atoms with van der Waals surface area (Å²) < 4.78 is 1.75. The van der Waals surface area contributed by atoms with E-state index >= 15 is 0 Å². The predicted molar refractivity (Wildman–Crippen MR) is 64.1 cm³/mol. The minimum atomic E-state index is -0.841. The first-order valence-corrected chi connectivity index (χ1v) is 5.52. The van der Waals surface area contributed by atoms with Crippen LogP contribution in [0.3, 0.4) is 0 Å². The van der Waals surface area contributed by atoms with Crippen LogP contribution in [-0.2, 0) is 4.79 Å². The third-order valence-corrected chi connectivity index (χ3v) is 2.65. The van der Waals surface area contributed by atoms with Crippen LogP contribution in [0.25, 0.3) is 0 Å². The molecule has 1 atom stereocenters. The fraction of sp³-hybridized carbons (Fsp3) is 0.636. The number of hydrogen-bond donors (Lipinski definition) is 2. The second-order valence-electron chi connectivity index (χ2n) is 4.48. The van der Waals surface area contributed by atoms with Gasteiger partial charge in [-0.05, 0) is 27.2 Å². The summed E-state index contributed by atoms with van der Waals surface area (Å²) in [6.07, 6.45) is 2.25. The van der Waals surface area contributed by atoms with Crippen molar-refractivity contribution >= 4 is 11.7 Å². The molecular formula is C11H20N4O. The lowest BCUT2D eigenvalue weighted by molar-refractivity contribution is -0.120. The Morgan fingerprint density at radius 3 is 2.81 bits per heavy atom.